The fourth-order valence-electron chi connectivity index (χ4n) is 2.64. The zero-order valence-electron chi connectivity index (χ0n) is 9.75. The van der Waals surface area contributed by atoms with Crippen LogP contribution >= 0.6 is 0 Å². The smallest absolute Gasteiger partial charge is 0.146 e. The van der Waals surface area contributed by atoms with Gasteiger partial charge in [-0.2, -0.15) is 0 Å². The second-order valence-electron chi connectivity index (χ2n) is 5.38. The van der Waals surface area contributed by atoms with Gasteiger partial charge in [-0.1, -0.05) is 6.92 Å². The topological polar surface area (TPSA) is 21.8 Å². The lowest BCUT2D eigenvalue weighted by Crippen LogP contribution is -2.38. The molecule has 0 radical (unpaired) electrons. The van der Waals surface area contributed by atoms with Crippen molar-refractivity contribution < 1.29 is 9.16 Å². The second-order valence-corrected chi connectivity index (χ2v) is 5.79. The third-order valence-electron chi connectivity index (χ3n) is 4.37. The van der Waals surface area contributed by atoms with Crippen LogP contribution in [0.25, 0.3) is 0 Å². The number of hydrogen-bond donors (Lipinski definition) is 0. The molecule has 0 bridgehead atoms. The third kappa shape index (κ3) is 1.90. The van der Waals surface area contributed by atoms with Crippen LogP contribution in [0.3, 0.4) is 0 Å². The molecule has 4 atom stereocenters. The highest BCUT2D eigenvalue weighted by atomic mass is 28.2. The number of fused-ring (bicyclic) bond motifs is 1. The molecule has 0 aromatic rings. The first-order valence-corrected chi connectivity index (χ1v) is 6.57. The molecule has 0 N–H and O–H groups in total. The molecule has 1 heterocycles. The Kier molecular flexibility index (Phi) is 2.75. The van der Waals surface area contributed by atoms with E-state index in [1.165, 1.54) is 19.3 Å². The van der Waals surface area contributed by atoms with Crippen molar-refractivity contribution in [2.24, 2.45) is 11.8 Å². The molecule has 14 heavy (non-hydrogen) atoms. The van der Waals surface area contributed by atoms with E-state index in [0.29, 0.717) is 18.1 Å². The van der Waals surface area contributed by atoms with Gasteiger partial charge in [0.25, 0.3) is 0 Å². The van der Waals surface area contributed by atoms with Crippen LogP contribution in [-0.4, -0.2) is 28.3 Å². The van der Waals surface area contributed by atoms with E-state index in [1.807, 2.05) is 0 Å². The van der Waals surface area contributed by atoms with E-state index in [2.05, 4.69) is 20.8 Å². The fraction of sp³-hybridized carbons (Fsp3) is 1.00. The summed E-state index contributed by atoms with van der Waals surface area (Å²) < 4.78 is 11.3. The van der Waals surface area contributed by atoms with Crippen molar-refractivity contribution in [1.29, 1.82) is 0 Å². The highest BCUT2D eigenvalue weighted by molar-refractivity contribution is 5.98. The van der Waals surface area contributed by atoms with Gasteiger partial charge < -0.3 is 9.16 Å². The monoisotopic (exact) mass is 214 g/mol. The van der Waals surface area contributed by atoms with Crippen LogP contribution < -0.4 is 0 Å². The molecule has 0 amide bonds. The van der Waals surface area contributed by atoms with Gasteiger partial charge >= 0.3 is 0 Å². The van der Waals surface area contributed by atoms with Crippen LogP contribution in [0.15, 0.2) is 0 Å². The molecule has 2 fully saturated rings. The molecule has 0 spiro atoms. The Morgan fingerprint density at radius 1 is 1.36 bits per heavy atom. The zero-order valence-corrected chi connectivity index (χ0v) is 11.7. The molecular weight excluding hydrogens is 192 g/mol. The Bertz CT molecular complexity index is 217. The van der Waals surface area contributed by atoms with Crippen molar-refractivity contribution in [1.82, 2.24) is 0 Å². The molecule has 3 heteroatoms. The number of ether oxygens (including phenoxy) is 1. The minimum Gasteiger partial charge on any atom is -0.423 e. The van der Waals surface area contributed by atoms with E-state index in [9.17, 15) is 0 Å². The Morgan fingerprint density at radius 2 is 2.07 bits per heavy atom. The van der Waals surface area contributed by atoms with Gasteiger partial charge in [0.2, 0.25) is 0 Å². The largest absolute Gasteiger partial charge is 0.423 e. The first kappa shape index (κ1) is 10.6. The molecule has 1 aliphatic heterocycles. The predicted molar refractivity (Wildman–Crippen MR) is 60.3 cm³/mol. The van der Waals surface area contributed by atoms with E-state index in [-0.39, 0.29) is 5.60 Å². The maximum atomic E-state index is 5.70. The highest BCUT2D eigenvalue weighted by Gasteiger charge is 2.46. The summed E-state index contributed by atoms with van der Waals surface area (Å²) in [5.41, 5.74) is 0.0681. The fourth-order valence-corrected chi connectivity index (χ4v) is 3.01. The molecule has 2 aliphatic rings. The van der Waals surface area contributed by atoms with Crippen LogP contribution in [0.4, 0.5) is 0 Å². The summed E-state index contributed by atoms with van der Waals surface area (Å²) in [6.45, 7) is 6.79. The Morgan fingerprint density at radius 3 is 2.64 bits per heavy atom. The molecule has 0 aromatic heterocycles. The SMILES string of the molecule is CC(C1CCC2OC2C1)C(C)(C)O[SiH3]. The van der Waals surface area contributed by atoms with Crippen molar-refractivity contribution in [3.63, 3.8) is 0 Å². The summed E-state index contributed by atoms with van der Waals surface area (Å²) in [6, 6.07) is 0. The summed E-state index contributed by atoms with van der Waals surface area (Å²) in [5.74, 6) is 1.47. The molecule has 4 unspecified atom stereocenters. The van der Waals surface area contributed by atoms with E-state index < -0.39 is 0 Å². The summed E-state index contributed by atoms with van der Waals surface area (Å²) in [5, 5.41) is 0. The van der Waals surface area contributed by atoms with Crippen molar-refractivity contribution in [3.05, 3.63) is 0 Å². The third-order valence-corrected chi connectivity index (χ3v) is 5.43. The van der Waals surface area contributed by atoms with Crippen LogP contribution in [0, 0.1) is 11.8 Å². The number of hydrogen-bond acceptors (Lipinski definition) is 2. The molecule has 2 nitrogen and oxygen atoms in total. The molecule has 82 valence electrons. The summed E-state index contributed by atoms with van der Waals surface area (Å²) in [6.07, 6.45) is 5.09. The van der Waals surface area contributed by atoms with E-state index in [4.69, 9.17) is 9.16 Å². The second kappa shape index (κ2) is 3.61. The molecular formula is C11H22O2Si. The summed E-state index contributed by atoms with van der Waals surface area (Å²) in [7, 11) is 0.840. The Hall–Kier alpha value is 0.137. The standard InChI is InChI=1S/C11H22O2Si/c1-7(11(2,3)13-14)8-4-5-9-10(6-8)12-9/h7-10H,4-6H2,1-3,14H3. The van der Waals surface area contributed by atoms with Gasteiger partial charge in [-0.25, -0.2) is 0 Å². The molecule has 2 rings (SSSR count). The van der Waals surface area contributed by atoms with Gasteiger partial charge in [0.1, 0.15) is 10.5 Å². The van der Waals surface area contributed by atoms with Gasteiger partial charge in [-0.05, 0) is 44.9 Å². The van der Waals surface area contributed by atoms with Gasteiger partial charge in [0.05, 0.1) is 17.8 Å². The maximum absolute atomic E-state index is 5.70. The molecule has 1 saturated heterocycles. The average molecular weight is 214 g/mol. The van der Waals surface area contributed by atoms with Crippen molar-refractivity contribution in [3.8, 4) is 0 Å². The van der Waals surface area contributed by atoms with Gasteiger partial charge in [-0.3, -0.25) is 0 Å². The lowest BCUT2D eigenvalue weighted by atomic mass is 9.74. The van der Waals surface area contributed by atoms with Crippen molar-refractivity contribution >= 4 is 10.5 Å². The van der Waals surface area contributed by atoms with Gasteiger partial charge in [0.15, 0.2) is 0 Å². The first-order valence-electron chi connectivity index (χ1n) is 5.75. The van der Waals surface area contributed by atoms with Crippen molar-refractivity contribution in [2.45, 2.75) is 57.8 Å². The molecule has 0 aromatic carbocycles. The number of rotatable bonds is 3. The zero-order chi connectivity index (χ0) is 10.3. The normalized spacial score (nSPS) is 39.2. The summed E-state index contributed by atoms with van der Waals surface area (Å²) >= 11 is 0. The van der Waals surface area contributed by atoms with Gasteiger partial charge in [0, 0.05) is 0 Å². The average Bonchev–Trinajstić information content (AvgIpc) is 2.94. The first-order chi connectivity index (χ1) is 6.54. The molecule has 1 aliphatic carbocycles. The lowest BCUT2D eigenvalue weighted by Gasteiger charge is -2.37. The predicted octanol–water partition coefficient (Wildman–Crippen LogP) is 1.27. The minimum atomic E-state index is 0.0681. The minimum absolute atomic E-state index is 0.0681. The van der Waals surface area contributed by atoms with Crippen LogP contribution in [-0.2, 0) is 9.16 Å². The Labute approximate surface area is 89.9 Å². The van der Waals surface area contributed by atoms with Gasteiger partial charge in [-0.15, -0.1) is 0 Å². The lowest BCUT2D eigenvalue weighted by molar-refractivity contribution is 0.0223. The van der Waals surface area contributed by atoms with Crippen LogP contribution in [0.1, 0.15) is 40.0 Å². The van der Waals surface area contributed by atoms with E-state index in [0.717, 1.165) is 16.4 Å². The van der Waals surface area contributed by atoms with E-state index in [1.54, 1.807) is 0 Å². The number of epoxide rings is 1. The quantitative estimate of drug-likeness (QED) is 0.521. The van der Waals surface area contributed by atoms with Crippen molar-refractivity contribution in [2.75, 3.05) is 0 Å². The highest BCUT2D eigenvalue weighted by Crippen LogP contribution is 2.44. The van der Waals surface area contributed by atoms with Crippen LogP contribution in [0.5, 0.6) is 0 Å². The molecule has 1 saturated carbocycles. The van der Waals surface area contributed by atoms with Crippen LogP contribution in [0.2, 0.25) is 0 Å². The van der Waals surface area contributed by atoms with E-state index >= 15 is 0 Å². The Balaban J connectivity index is 1.93. The maximum Gasteiger partial charge on any atom is 0.146 e. The summed E-state index contributed by atoms with van der Waals surface area (Å²) in [4.78, 5) is 0.